The molecule has 2 fully saturated rings. The van der Waals surface area contributed by atoms with Crippen LogP contribution in [0, 0.1) is 0 Å². The summed E-state index contributed by atoms with van der Waals surface area (Å²) in [5, 5.41) is 2.76. The van der Waals surface area contributed by atoms with Gasteiger partial charge in [-0.25, -0.2) is 13.2 Å². The van der Waals surface area contributed by atoms with Gasteiger partial charge in [-0.1, -0.05) is 11.6 Å². The number of halogens is 1. The number of hydrogen-bond donors (Lipinski definition) is 1. The van der Waals surface area contributed by atoms with Crippen LogP contribution in [-0.2, 0) is 24.3 Å². The van der Waals surface area contributed by atoms with Gasteiger partial charge in [-0.15, -0.1) is 0 Å². The van der Waals surface area contributed by atoms with Crippen molar-refractivity contribution in [2.45, 2.75) is 62.9 Å². The monoisotopic (exact) mass is 444 g/mol. The standard InChI is InChI=1S/C19H25ClN2O6S/c1-11-9-22(10-12(2)27-11)29(25,26)17-8-14(4-7-16(17)20)19(24)28-13(3)18(23)21-15-5-6-15/h4,7-8,11-13,15H,5-6,9-10H2,1-3H3,(H,21,23). The number of ether oxygens (including phenoxy) is 2. The van der Waals surface area contributed by atoms with Gasteiger partial charge in [0.1, 0.15) is 4.90 Å². The van der Waals surface area contributed by atoms with Gasteiger partial charge in [-0.2, -0.15) is 4.31 Å². The van der Waals surface area contributed by atoms with Gasteiger partial charge in [0.25, 0.3) is 5.91 Å². The third-order valence-corrected chi connectivity index (χ3v) is 7.06. The summed E-state index contributed by atoms with van der Waals surface area (Å²) in [7, 11) is -3.93. The highest BCUT2D eigenvalue weighted by Gasteiger charge is 2.34. The summed E-state index contributed by atoms with van der Waals surface area (Å²) >= 11 is 6.14. The first kappa shape index (κ1) is 22.0. The molecule has 1 aliphatic heterocycles. The van der Waals surface area contributed by atoms with E-state index in [2.05, 4.69) is 5.32 Å². The normalized spacial score (nSPS) is 24.0. The number of carbonyl (C=O) groups excluding carboxylic acids is 2. The Bertz CT molecular complexity index is 892. The molecule has 1 saturated heterocycles. The van der Waals surface area contributed by atoms with E-state index in [-0.39, 0.29) is 52.7 Å². The lowest BCUT2D eigenvalue weighted by molar-refractivity contribution is -0.129. The van der Waals surface area contributed by atoms with Crippen LogP contribution in [0.2, 0.25) is 5.02 Å². The lowest BCUT2D eigenvalue weighted by Gasteiger charge is -2.34. The number of nitrogens with one attached hydrogen (secondary N) is 1. The Labute approximate surface area is 175 Å². The molecule has 1 amide bonds. The van der Waals surface area contributed by atoms with Crippen LogP contribution < -0.4 is 5.32 Å². The van der Waals surface area contributed by atoms with Crippen molar-refractivity contribution in [1.82, 2.24) is 9.62 Å². The average Bonchev–Trinajstić information content (AvgIpc) is 3.44. The summed E-state index contributed by atoms with van der Waals surface area (Å²) in [6.45, 7) is 5.44. The highest BCUT2D eigenvalue weighted by molar-refractivity contribution is 7.89. The topological polar surface area (TPSA) is 102 Å². The molecule has 2 aliphatic rings. The summed E-state index contributed by atoms with van der Waals surface area (Å²) in [6.07, 6.45) is 0.338. The average molecular weight is 445 g/mol. The second-order valence-electron chi connectivity index (χ2n) is 7.55. The Balaban J connectivity index is 1.78. The van der Waals surface area contributed by atoms with E-state index in [1.54, 1.807) is 13.8 Å². The van der Waals surface area contributed by atoms with E-state index in [9.17, 15) is 18.0 Å². The van der Waals surface area contributed by atoms with Crippen molar-refractivity contribution in [3.8, 4) is 0 Å². The molecule has 8 nitrogen and oxygen atoms in total. The van der Waals surface area contributed by atoms with E-state index in [1.807, 2.05) is 0 Å². The molecule has 29 heavy (non-hydrogen) atoms. The molecule has 0 spiro atoms. The number of morpholine rings is 1. The second-order valence-corrected chi connectivity index (χ2v) is 9.87. The van der Waals surface area contributed by atoms with Crippen molar-refractivity contribution in [3.63, 3.8) is 0 Å². The van der Waals surface area contributed by atoms with Crippen molar-refractivity contribution in [1.29, 1.82) is 0 Å². The molecule has 1 aliphatic carbocycles. The van der Waals surface area contributed by atoms with Gasteiger partial charge in [0.05, 0.1) is 22.8 Å². The zero-order valence-corrected chi connectivity index (χ0v) is 18.1. The van der Waals surface area contributed by atoms with Crippen LogP contribution in [0.1, 0.15) is 44.0 Å². The summed E-state index contributed by atoms with van der Waals surface area (Å²) in [4.78, 5) is 24.3. The van der Waals surface area contributed by atoms with Crippen LogP contribution in [0.15, 0.2) is 23.1 Å². The zero-order valence-electron chi connectivity index (χ0n) is 16.6. The first-order valence-electron chi connectivity index (χ1n) is 9.54. The molecule has 3 unspecified atom stereocenters. The highest BCUT2D eigenvalue weighted by atomic mass is 35.5. The fourth-order valence-corrected chi connectivity index (χ4v) is 5.21. The molecule has 10 heteroatoms. The first-order chi connectivity index (χ1) is 13.6. The number of benzene rings is 1. The SMILES string of the molecule is CC1CN(S(=O)(=O)c2cc(C(=O)OC(C)C(=O)NC3CC3)ccc2Cl)CC(C)O1. The maximum absolute atomic E-state index is 13.1. The Morgan fingerprint density at radius 2 is 1.86 bits per heavy atom. The van der Waals surface area contributed by atoms with E-state index in [4.69, 9.17) is 21.1 Å². The zero-order chi connectivity index (χ0) is 21.3. The fraction of sp³-hybridized carbons (Fsp3) is 0.579. The number of carbonyl (C=O) groups is 2. The summed E-state index contributed by atoms with van der Waals surface area (Å²) < 4.78 is 38.3. The van der Waals surface area contributed by atoms with Crippen LogP contribution in [0.25, 0.3) is 0 Å². The van der Waals surface area contributed by atoms with E-state index in [0.29, 0.717) is 0 Å². The number of amides is 1. The van der Waals surface area contributed by atoms with E-state index < -0.39 is 22.1 Å². The van der Waals surface area contributed by atoms with Gasteiger partial charge < -0.3 is 14.8 Å². The van der Waals surface area contributed by atoms with Gasteiger partial charge in [0, 0.05) is 19.1 Å². The van der Waals surface area contributed by atoms with Crippen LogP contribution in [0.4, 0.5) is 0 Å². The smallest absolute Gasteiger partial charge is 0.338 e. The molecular formula is C19H25ClN2O6S. The summed E-state index contributed by atoms with van der Waals surface area (Å²) in [5.41, 5.74) is 0.00778. The van der Waals surface area contributed by atoms with Gasteiger partial charge in [-0.05, 0) is 51.8 Å². The molecule has 1 aromatic carbocycles. The molecule has 1 heterocycles. The van der Waals surface area contributed by atoms with Gasteiger partial charge in [0.15, 0.2) is 6.10 Å². The molecule has 0 bridgehead atoms. The second kappa shape index (κ2) is 8.59. The minimum Gasteiger partial charge on any atom is -0.449 e. The van der Waals surface area contributed by atoms with Gasteiger partial charge >= 0.3 is 5.97 Å². The number of sulfonamides is 1. The lowest BCUT2D eigenvalue weighted by atomic mass is 10.2. The number of hydrogen-bond acceptors (Lipinski definition) is 6. The van der Waals surface area contributed by atoms with Crippen LogP contribution in [0.5, 0.6) is 0 Å². The molecule has 160 valence electrons. The van der Waals surface area contributed by atoms with Crippen LogP contribution in [-0.4, -0.2) is 62.0 Å². The third-order valence-electron chi connectivity index (χ3n) is 4.75. The molecule has 1 aromatic rings. The van der Waals surface area contributed by atoms with Gasteiger partial charge in [-0.3, -0.25) is 4.79 Å². The Kier molecular flexibility index (Phi) is 6.52. The number of rotatable bonds is 6. The maximum atomic E-state index is 13.1. The van der Waals surface area contributed by atoms with E-state index in [1.165, 1.54) is 29.4 Å². The molecule has 1 N–H and O–H groups in total. The van der Waals surface area contributed by atoms with Crippen molar-refractivity contribution in [2.75, 3.05) is 13.1 Å². The minimum absolute atomic E-state index is 0.00729. The predicted octanol–water partition coefficient (Wildman–Crippen LogP) is 1.96. The van der Waals surface area contributed by atoms with E-state index >= 15 is 0 Å². The third kappa shape index (κ3) is 5.28. The summed E-state index contributed by atoms with van der Waals surface area (Å²) in [5.74, 6) is -1.17. The van der Waals surface area contributed by atoms with Crippen LogP contribution in [0.3, 0.4) is 0 Å². The minimum atomic E-state index is -3.93. The van der Waals surface area contributed by atoms with Crippen LogP contribution >= 0.6 is 11.6 Å². The molecule has 3 atom stereocenters. The predicted molar refractivity (Wildman–Crippen MR) is 106 cm³/mol. The molecule has 0 aromatic heterocycles. The van der Waals surface area contributed by atoms with Crippen molar-refractivity contribution < 1.29 is 27.5 Å². The Morgan fingerprint density at radius 1 is 1.24 bits per heavy atom. The number of nitrogens with zero attached hydrogens (tertiary/aromatic N) is 1. The van der Waals surface area contributed by atoms with Crippen molar-refractivity contribution in [3.05, 3.63) is 28.8 Å². The van der Waals surface area contributed by atoms with E-state index in [0.717, 1.165) is 12.8 Å². The molecular weight excluding hydrogens is 420 g/mol. The summed E-state index contributed by atoms with van der Waals surface area (Å²) in [6, 6.07) is 4.05. The first-order valence-corrected chi connectivity index (χ1v) is 11.4. The highest BCUT2D eigenvalue weighted by Crippen LogP contribution is 2.28. The maximum Gasteiger partial charge on any atom is 0.338 e. The molecule has 0 radical (unpaired) electrons. The molecule has 1 saturated carbocycles. The van der Waals surface area contributed by atoms with Crippen molar-refractivity contribution in [2.24, 2.45) is 0 Å². The molecule has 3 rings (SSSR count). The van der Waals surface area contributed by atoms with Gasteiger partial charge in [0.2, 0.25) is 10.0 Å². The Hall–Kier alpha value is -1.68. The Morgan fingerprint density at radius 3 is 2.45 bits per heavy atom. The lowest BCUT2D eigenvalue weighted by Crippen LogP contribution is -2.48. The quantitative estimate of drug-likeness (QED) is 0.673. The fourth-order valence-electron chi connectivity index (χ4n) is 3.12. The largest absolute Gasteiger partial charge is 0.449 e. The number of esters is 1. The van der Waals surface area contributed by atoms with Crippen molar-refractivity contribution >= 4 is 33.5 Å².